The summed E-state index contributed by atoms with van der Waals surface area (Å²) < 4.78 is 13.4. The first kappa shape index (κ1) is 13.6. The van der Waals surface area contributed by atoms with Crippen molar-refractivity contribution < 1.29 is 4.39 Å². The second-order valence-corrected chi connectivity index (χ2v) is 4.14. The Morgan fingerprint density at radius 2 is 2.18 bits per heavy atom. The van der Waals surface area contributed by atoms with Crippen molar-refractivity contribution >= 4 is 11.8 Å². The van der Waals surface area contributed by atoms with Gasteiger partial charge in [-0.2, -0.15) is 4.98 Å². The number of nitrogens with one attached hydrogen (secondary N) is 2. The Morgan fingerprint density at radius 1 is 1.47 bits per heavy atom. The van der Waals surface area contributed by atoms with Crippen molar-refractivity contribution in [1.29, 1.82) is 0 Å². The highest BCUT2D eigenvalue weighted by Crippen LogP contribution is 2.10. The lowest BCUT2D eigenvalue weighted by molar-refractivity contribution is 0.284. The van der Waals surface area contributed by atoms with Crippen LogP contribution in [-0.4, -0.2) is 48.1 Å². The quantitative estimate of drug-likeness (QED) is 0.788. The topological polar surface area (TPSA) is 53.1 Å². The van der Waals surface area contributed by atoms with Crippen molar-refractivity contribution in [2.75, 3.05) is 37.8 Å². The second kappa shape index (κ2) is 6.34. The third-order valence-electron chi connectivity index (χ3n) is 2.61. The van der Waals surface area contributed by atoms with Gasteiger partial charge in [0.15, 0.2) is 11.6 Å². The Labute approximate surface area is 101 Å². The molecule has 0 aliphatic rings. The van der Waals surface area contributed by atoms with Gasteiger partial charge in [-0.05, 0) is 20.9 Å². The molecule has 2 N–H and O–H groups in total. The molecule has 1 aromatic rings. The van der Waals surface area contributed by atoms with Gasteiger partial charge in [0.05, 0.1) is 6.20 Å². The van der Waals surface area contributed by atoms with Crippen LogP contribution in [0.5, 0.6) is 0 Å². The highest BCUT2D eigenvalue weighted by Gasteiger charge is 2.07. The zero-order chi connectivity index (χ0) is 12.8. The Kier molecular flexibility index (Phi) is 5.09. The summed E-state index contributed by atoms with van der Waals surface area (Å²) in [5, 5.41) is 5.74. The van der Waals surface area contributed by atoms with Crippen molar-refractivity contribution in [2.45, 2.75) is 19.9 Å². The van der Waals surface area contributed by atoms with Crippen LogP contribution in [0.15, 0.2) is 6.20 Å². The van der Waals surface area contributed by atoms with Crippen LogP contribution in [0, 0.1) is 5.82 Å². The average Bonchev–Trinajstić information content (AvgIpc) is 2.31. The maximum absolute atomic E-state index is 13.4. The molecule has 0 spiro atoms. The van der Waals surface area contributed by atoms with E-state index in [0.717, 1.165) is 12.7 Å². The smallest absolute Gasteiger partial charge is 0.224 e. The Bertz CT molecular complexity index is 356. The van der Waals surface area contributed by atoms with Crippen LogP contribution in [0.1, 0.15) is 13.8 Å². The van der Waals surface area contributed by atoms with E-state index < -0.39 is 5.82 Å². The van der Waals surface area contributed by atoms with E-state index in [0.29, 0.717) is 18.5 Å². The molecule has 0 saturated carbocycles. The van der Waals surface area contributed by atoms with E-state index in [1.807, 2.05) is 7.05 Å². The zero-order valence-electron chi connectivity index (χ0n) is 10.8. The van der Waals surface area contributed by atoms with Crippen molar-refractivity contribution in [2.24, 2.45) is 0 Å². The van der Waals surface area contributed by atoms with Gasteiger partial charge in [-0.25, -0.2) is 9.37 Å². The van der Waals surface area contributed by atoms with Gasteiger partial charge < -0.3 is 15.5 Å². The van der Waals surface area contributed by atoms with E-state index in [2.05, 4.69) is 39.3 Å². The third kappa shape index (κ3) is 4.14. The van der Waals surface area contributed by atoms with Gasteiger partial charge in [0, 0.05) is 26.2 Å². The standard InChI is InChI=1S/C11H20FN5/c1-8(2)17(4)6-5-14-10-9(12)7-15-11(13-3)16-10/h7-8H,5-6H2,1-4H3,(H2,13,14,15,16). The lowest BCUT2D eigenvalue weighted by atomic mass is 10.3. The van der Waals surface area contributed by atoms with Gasteiger partial charge >= 0.3 is 0 Å². The predicted octanol–water partition coefficient (Wildman–Crippen LogP) is 1.41. The summed E-state index contributed by atoms with van der Waals surface area (Å²) in [5.41, 5.74) is 0. The van der Waals surface area contributed by atoms with Crippen LogP contribution in [0.25, 0.3) is 0 Å². The number of rotatable bonds is 6. The molecule has 0 aliphatic carbocycles. The normalized spacial score (nSPS) is 11.0. The first-order valence-electron chi connectivity index (χ1n) is 5.69. The van der Waals surface area contributed by atoms with Crippen molar-refractivity contribution in [3.8, 4) is 0 Å². The van der Waals surface area contributed by atoms with Gasteiger partial charge in [-0.3, -0.25) is 0 Å². The van der Waals surface area contributed by atoms with Gasteiger partial charge in [0.25, 0.3) is 0 Å². The minimum atomic E-state index is -0.434. The molecule has 0 unspecified atom stereocenters. The third-order valence-corrected chi connectivity index (χ3v) is 2.61. The van der Waals surface area contributed by atoms with E-state index >= 15 is 0 Å². The van der Waals surface area contributed by atoms with Gasteiger partial charge in [0.1, 0.15) is 0 Å². The van der Waals surface area contributed by atoms with Crippen LogP contribution < -0.4 is 10.6 Å². The fourth-order valence-corrected chi connectivity index (χ4v) is 1.22. The Morgan fingerprint density at radius 3 is 2.76 bits per heavy atom. The molecule has 1 heterocycles. The van der Waals surface area contributed by atoms with Gasteiger partial charge in [-0.1, -0.05) is 0 Å². The predicted molar refractivity (Wildman–Crippen MR) is 67.8 cm³/mol. The molecule has 1 aromatic heterocycles. The molecule has 96 valence electrons. The second-order valence-electron chi connectivity index (χ2n) is 4.14. The fourth-order valence-electron chi connectivity index (χ4n) is 1.22. The van der Waals surface area contributed by atoms with E-state index in [4.69, 9.17) is 0 Å². The number of hydrogen-bond donors (Lipinski definition) is 2. The number of nitrogens with zero attached hydrogens (tertiary/aromatic N) is 3. The van der Waals surface area contributed by atoms with Crippen LogP contribution >= 0.6 is 0 Å². The highest BCUT2D eigenvalue weighted by molar-refractivity contribution is 5.40. The summed E-state index contributed by atoms with van der Waals surface area (Å²) in [6.07, 6.45) is 1.16. The van der Waals surface area contributed by atoms with Crippen LogP contribution in [0.3, 0.4) is 0 Å². The maximum Gasteiger partial charge on any atom is 0.224 e. The van der Waals surface area contributed by atoms with E-state index in [1.54, 1.807) is 7.05 Å². The highest BCUT2D eigenvalue weighted by atomic mass is 19.1. The molecule has 0 aliphatic heterocycles. The van der Waals surface area contributed by atoms with Crippen LogP contribution in [-0.2, 0) is 0 Å². The molecule has 0 fully saturated rings. The number of likely N-dealkylation sites (N-methyl/N-ethyl adjacent to an activating group) is 1. The van der Waals surface area contributed by atoms with Crippen LogP contribution in [0.4, 0.5) is 16.2 Å². The van der Waals surface area contributed by atoms with E-state index in [1.165, 1.54) is 0 Å². The lowest BCUT2D eigenvalue weighted by Crippen LogP contribution is -2.31. The maximum atomic E-state index is 13.4. The van der Waals surface area contributed by atoms with Crippen molar-refractivity contribution in [1.82, 2.24) is 14.9 Å². The van der Waals surface area contributed by atoms with Crippen molar-refractivity contribution in [3.63, 3.8) is 0 Å². The lowest BCUT2D eigenvalue weighted by Gasteiger charge is -2.21. The monoisotopic (exact) mass is 241 g/mol. The number of aromatic nitrogens is 2. The molecule has 0 radical (unpaired) electrons. The summed E-state index contributed by atoms with van der Waals surface area (Å²) in [4.78, 5) is 9.96. The fraction of sp³-hybridized carbons (Fsp3) is 0.636. The molecule has 0 aromatic carbocycles. The molecular formula is C11H20FN5. The first-order valence-corrected chi connectivity index (χ1v) is 5.69. The minimum Gasteiger partial charge on any atom is -0.366 e. The van der Waals surface area contributed by atoms with Crippen molar-refractivity contribution in [3.05, 3.63) is 12.0 Å². The Hall–Kier alpha value is -1.43. The largest absolute Gasteiger partial charge is 0.366 e. The molecule has 6 heteroatoms. The van der Waals surface area contributed by atoms with E-state index in [9.17, 15) is 4.39 Å². The first-order chi connectivity index (χ1) is 8.04. The molecule has 1 rings (SSSR count). The SMILES string of the molecule is CNc1ncc(F)c(NCCN(C)C(C)C)n1. The van der Waals surface area contributed by atoms with Gasteiger partial charge in [-0.15, -0.1) is 0 Å². The molecule has 17 heavy (non-hydrogen) atoms. The number of hydrogen-bond acceptors (Lipinski definition) is 5. The molecule has 0 amide bonds. The zero-order valence-corrected chi connectivity index (χ0v) is 10.8. The summed E-state index contributed by atoms with van der Waals surface area (Å²) >= 11 is 0. The number of halogens is 1. The number of anilines is 2. The Balaban J connectivity index is 2.51. The molecule has 0 saturated heterocycles. The summed E-state index contributed by atoms with van der Waals surface area (Å²) in [6, 6.07) is 0.472. The molecular weight excluding hydrogens is 221 g/mol. The van der Waals surface area contributed by atoms with Crippen LogP contribution in [0.2, 0.25) is 0 Å². The van der Waals surface area contributed by atoms with Gasteiger partial charge in [0.2, 0.25) is 5.95 Å². The molecule has 5 nitrogen and oxygen atoms in total. The van der Waals surface area contributed by atoms with E-state index in [-0.39, 0.29) is 5.82 Å². The molecule has 0 atom stereocenters. The summed E-state index contributed by atoms with van der Waals surface area (Å²) in [7, 11) is 3.73. The minimum absolute atomic E-state index is 0.238. The summed E-state index contributed by atoms with van der Waals surface area (Å²) in [6.45, 7) is 5.70. The summed E-state index contributed by atoms with van der Waals surface area (Å²) in [5.74, 6) is 0.212. The molecule has 0 bridgehead atoms. The average molecular weight is 241 g/mol.